The molecule has 1 saturated heterocycles. The van der Waals surface area contributed by atoms with Crippen molar-refractivity contribution >= 4 is 16.9 Å². The Bertz CT molecular complexity index is 997. The van der Waals surface area contributed by atoms with Gasteiger partial charge < -0.3 is 15.2 Å². The molecule has 1 atom stereocenters. The van der Waals surface area contributed by atoms with Crippen molar-refractivity contribution in [3.8, 4) is 5.75 Å². The van der Waals surface area contributed by atoms with Gasteiger partial charge in [0.25, 0.3) is 11.5 Å². The van der Waals surface area contributed by atoms with Crippen LogP contribution in [0, 0.1) is 5.92 Å². The fourth-order valence-corrected chi connectivity index (χ4v) is 4.66. The summed E-state index contributed by atoms with van der Waals surface area (Å²) in [6.07, 6.45) is 5.50. The highest BCUT2D eigenvalue weighted by Gasteiger charge is 2.27. The van der Waals surface area contributed by atoms with Gasteiger partial charge in [-0.25, -0.2) is 4.98 Å². The van der Waals surface area contributed by atoms with E-state index in [0.29, 0.717) is 43.3 Å². The van der Waals surface area contributed by atoms with Gasteiger partial charge in [-0.05, 0) is 50.7 Å². The van der Waals surface area contributed by atoms with Crippen LogP contribution >= 0.6 is 0 Å². The predicted molar refractivity (Wildman–Crippen MR) is 118 cm³/mol. The Morgan fingerprint density at radius 3 is 2.77 bits per heavy atom. The number of aromatic hydroxyl groups is 1. The van der Waals surface area contributed by atoms with E-state index in [1.54, 1.807) is 18.3 Å². The van der Waals surface area contributed by atoms with Crippen LogP contribution in [0.4, 0.5) is 0 Å². The first-order chi connectivity index (χ1) is 15.0. The first-order valence-corrected chi connectivity index (χ1v) is 11.3. The number of nitrogens with zero attached hydrogens (tertiary/aromatic N) is 3. The summed E-state index contributed by atoms with van der Waals surface area (Å²) in [5.41, 5.74) is -0.283. The normalized spacial score (nSPS) is 24.9. The molecule has 0 spiro atoms. The van der Waals surface area contributed by atoms with Crippen LogP contribution in [-0.2, 0) is 11.3 Å². The summed E-state index contributed by atoms with van der Waals surface area (Å²) in [5, 5.41) is 14.2. The molecule has 2 fully saturated rings. The van der Waals surface area contributed by atoms with Crippen LogP contribution in [0.15, 0.2) is 23.1 Å². The average molecular weight is 429 g/mol. The number of amides is 1. The summed E-state index contributed by atoms with van der Waals surface area (Å²) in [7, 11) is 0. The molecule has 1 aliphatic carbocycles. The average Bonchev–Trinajstić information content (AvgIpc) is 2.76. The molecular formula is C23H32N4O4. The highest BCUT2D eigenvalue weighted by Crippen LogP contribution is 2.27. The molecule has 4 rings (SSSR count). The summed E-state index contributed by atoms with van der Waals surface area (Å²) in [6, 6.07) is 3.70. The van der Waals surface area contributed by atoms with E-state index >= 15 is 0 Å². The third-order valence-corrected chi connectivity index (χ3v) is 6.69. The van der Waals surface area contributed by atoms with Crippen LogP contribution in [0.2, 0.25) is 0 Å². The van der Waals surface area contributed by atoms with E-state index in [2.05, 4.69) is 29.0 Å². The van der Waals surface area contributed by atoms with Gasteiger partial charge in [-0.2, -0.15) is 0 Å². The van der Waals surface area contributed by atoms with Crippen molar-refractivity contribution in [1.29, 1.82) is 0 Å². The molecule has 2 aliphatic rings. The zero-order chi connectivity index (χ0) is 22.0. The number of fused-ring (bicyclic) bond motifs is 1. The topological polar surface area (TPSA) is 96.7 Å². The van der Waals surface area contributed by atoms with Gasteiger partial charge in [0.1, 0.15) is 17.0 Å². The second kappa shape index (κ2) is 9.36. The van der Waals surface area contributed by atoms with Gasteiger partial charge in [0, 0.05) is 37.9 Å². The molecule has 1 aliphatic heterocycles. The molecule has 0 aromatic carbocycles. The number of aromatic nitrogens is 2. The van der Waals surface area contributed by atoms with Gasteiger partial charge in [-0.3, -0.25) is 19.1 Å². The SMILES string of the molecule is CC1CCC(NC(=O)c2c(O)c3cccnc3n(CCN3CCOC[C@H]3C)c2=O)CC1. The van der Waals surface area contributed by atoms with Crippen LogP contribution in [-0.4, -0.2) is 63.9 Å². The first kappa shape index (κ1) is 21.8. The standard InChI is InChI=1S/C23H32N4O4/c1-15-5-7-17(8-6-15)25-22(29)19-20(28)18-4-3-9-24-21(18)27(23(19)30)11-10-26-12-13-31-14-16(26)2/h3-4,9,15-17,28H,5-8,10-14H2,1-2H3,(H,25,29)/t15?,16-,17?/m1/s1. The van der Waals surface area contributed by atoms with Crippen molar-refractivity contribution in [2.45, 2.75) is 58.2 Å². The molecule has 8 heteroatoms. The maximum atomic E-state index is 13.4. The van der Waals surface area contributed by atoms with Crippen LogP contribution in [0.5, 0.6) is 5.75 Å². The first-order valence-electron chi connectivity index (χ1n) is 11.3. The lowest BCUT2D eigenvalue weighted by atomic mass is 9.87. The maximum Gasteiger partial charge on any atom is 0.268 e. The van der Waals surface area contributed by atoms with Crippen molar-refractivity contribution < 1.29 is 14.6 Å². The summed E-state index contributed by atoms with van der Waals surface area (Å²) >= 11 is 0. The lowest BCUT2D eigenvalue weighted by Gasteiger charge is -2.33. The van der Waals surface area contributed by atoms with Gasteiger partial charge >= 0.3 is 0 Å². The lowest BCUT2D eigenvalue weighted by Crippen LogP contribution is -2.46. The molecule has 1 saturated carbocycles. The number of nitrogens with one attached hydrogen (secondary N) is 1. The zero-order valence-electron chi connectivity index (χ0n) is 18.3. The molecule has 1 amide bonds. The van der Waals surface area contributed by atoms with E-state index in [1.165, 1.54) is 4.57 Å². The second-order valence-electron chi connectivity index (χ2n) is 8.95. The van der Waals surface area contributed by atoms with E-state index in [4.69, 9.17) is 4.74 Å². The van der Waals surface area contributed by atoms with Gasteiger partial charge in [0.2, 0.25) is 0 Å². The molecule has 168 valence electrons. The number of rotatable bonds is 5. The lowest BCUT2D eigenvalue weighted by molar-refractivity contribution is -0.00163. The predicted octanol–water partition coefficient (Wildman–Crippen LogP) is 2.13. The van der Waals surface area contributed by atoms with Crippen LogP contribution in [0.1, 0.15) is 49.9 Å². The summed E-state index contributed by atoms with van der Waals surface area (Å²) in [6.45, 7) is 7.47. The Morgan fingerprint density at radius 2 is 2.03 bits per heavy atom. The molecule has 0 unspecified atom stereocenters. The zero-order valence-corrected chi connectivity index (χ0v) is 18.3. The Hall–Kier alpha value is -2.45. The fourth-order valence-electron chi connectivity index (χ4n) is 4.66. The summed E-state index contributed by atoms with van der Waals surface area (Å²) in [4.78, 5) is 33.0. The van der Waals surface area contributed by atoms with Gasteiger partial charge in [0.15, 0.2) is 0 Å². The number of hydrogen-bond acceptors (Lipinski definition) is 6. The van der Waals surface area contributed by atoms with Crippen molar-refractivity contribution in [2.75, 3.05) is 26.3 Å². The number of hydrogen-bond donors (Lipinski definition) is 2. The Kier molecular flexibility index (Phi) is 6.57. The van der Waals surface area contributed by atoms with Crippen LogP contribution in [0.3, 0.4) is 0 Å². The maximum absolute atomic E-state index is 13.4. The minimum absolute atomic E-state index is 0.0368. The number of morpholine rings is 1. The van der Waals surface area contributed by atoms with Crippen molar-refractivity contribution in [3.63, 3.8) is 0 Å². The van der Waals surface area contributed by atoms with Crippen molar-refractivity contribution in [1.82, 2.24) is 19.8 Å². The highest BCUT2D eigenvalue weighted by molar-refractivity contribution is 6.01. The third-order valence-electron chi connectivity index (χ3n) is 6.69. The van der Waals surface area contributed by atoms with E-state index < -0.39 is 11.5 Å². The monoisotopic (exact) mass is 428 g/mol. The molecule has 2 aromatic rings. The Balaban J connectivity index is 1.64. The van der Waals surface area contributed by atoms with Crippen molar-refractivity contribution in [3.05, 3.63) is 34.2 Å². The highest BCUT2D eigenvalue weighted by atomic mass is 16.5. The van der Waals surface area contributed by atoms with Gasteiger partial charge in [0.05, 0.1) is 18.6 Å². The summed E-state index contributed by atoms with van der Waals surface area (Å²) in [5.74, 6) is -0.125. The molecule has 8 nitrogen and oxygen atoms in total. The molecule has 0 radical (unpaired) electrons. The molecule has 0 bridgehead atoms. The number of carbonyl (C=O) groups excluding carboxylic acids is 1. The number of pyridine rings is 2. The van der Waals surface area contributed by atoms with E-state index in [1.807, 2.05) is 0 Å². The fraction of sp³-hybridized carbons (Fsp3) is 0.609. The second-order valence-corrected chi connectivity index (χ2v) is 8.95. The van der Waals surface area contributed by atoms with E-state index in [0.717, 1.165) is 32.2 Å². The van der Waals surface area contributed by atoms with Gasteiger partial charge in [-0.1, -0.05) is 6.92 Å². The quantitative estimate of drug-likeness (QED) is 0.757. The van der Waals surface area contributed by atoms with E-state index in [9.17, 15) is 14.7 Å². The van der Waals surface area contributed by atoms with Crippen LogP contribution in [0.25, 0.3) is 11.0 Å². The summed E-state index contributed by atoms with van der Waals surface area (Å²) < 4.78 is 7.02. The number of ether oxygens (including phenoxy) is 1. The third kappa shape index (κ3) is 4.60. The molecule has 3 heterocycles. The van der Waals surface area contributed by atoms with E-state index in [-0.39, 0.29) is 23.4 Å². The molecular weight excluding hydrogens is 396 g/mol. The minimum Gasteiger partial charge on any atom is -0.506 e. The Labute approximate surface area is 182 Å². The largest absolute Gasteiger partial charge is 0.506 e. The van der Waals surface area contributed by atoms with Gasteiger partial charge in [-0.15, -0.1) is 0 Å². The van der Waals surface area contributed by atoms with Crippen LogP contribution < -0.4 is 10.9 Å². The van der Waals surface area contributed by atoms with Crippen molar-refractivity contribution in [2.24, 2.45) is 5.92 Å². The minimum atomic E-state index is -0.499. The smallest absolute Gasteiger partial charge is 0.268 e. The molecule has 31 heavy (non-hydrogen) atoms. The Morgan fingerprint density at radius 1 is 1.26 bits per heavy atom. The molecule has 2 N–H and O–H groups in total. The number of carbonyl (C=O) groups is 1. The molecule has 2 aromatic heterocycles.